The lowest BCUT2D eigenvalue weighted by molar-refractivity contribution is -0.131. The number of hydrogen-bond acceptors (Lipinski definition) is 5. The SMILES string of the molecule is COc1c(F)cc(N2CCN(C(=O)CNc3ccc4c(c3)CC(=O)C4)[C@H](C)C2)cc1F. The Kier molecular flexibility index (Phi) is 5.80. The first-order chi connectivity index (χ1) is 14.9. The fourth-order valence-electron chi connectivity index (χ4n) is 4.33. The van der Waals surface area contributed by atoms with Crippen LogP contribution in [0.1, 0.15) is 18.1 Å². The van der Waals surface area contributed by atoms with Crippen LogP contribution in [-0.4, -0.2) is 55.9 Å². The number of carbonyl (C=O) groups excluding carboxylic acids is 2. The van der Waals surface area contributed by atoms with Crippen molar-refractivity contribution in [3.63, 3.8) is 0 Å². The molecular weight excluding hydrogens is 404 g/mol. The normalized spacial score (nSPS) is 18.2. The van der Waals surface area contributed by atoms with E-state index in [0.717, 1.165) is 16.8 Å². The smallest absolute Gasteiger partial charge is 0.242 e. The molecule has 1 amide bonds. The van der Waals surface area contributed by atoms with Crippen molar-refractivity contribution in [2.24, 2.45) is 0 Å². The van der Waals surface area contributed by atoms with Crippen LogP contribution < -0.4 is 15.0 Å². The number of amides is 1. The number of carbonyl (C=O) groups is 2. The second-order valence-corrected chi connectivity index (χ2v) is 8.05. The summed E-state index contributed by atoms with van der Waals surface area (Å²) in [6, 6.07) is 8.15. The molecule has 0 unspecified atom stereocenters. The minimum Gasteiger partial charge on any atom is -0.491 e. The van der Waals surface area contributed by atoms with E-state index in [1.165, 1.54) is 19.2 Å². The first kappa shape index (κ1) is 21.1. The number of benzene rings is 2. The van der Waals surface area contributed by atoms with Crippen molar-refractivity contribution in [1.82, 2.24) is 4.90 Å². The molecule has 6 nitrogen and oxygen atoms in total. The molecule has 1 N–H and O–H groups in total. The van der Waals surface area contributed by atoms with E-state index >= 15 is 0 Å². The fourth-order valence-corrected chi connectivity index (χ4v) is 4.33. The number of nitrogens with one attached hydrogen (secondary N) is 1. The molecule has 0 radical (unpaired) electrons. The van der Waals surface area contributed by atoms with E-state index in [-0.39, 0.29) is 24.3 Å². The van der Waals surface area contributed by atoms with Gasteiger partial charge in [-0.3, -0.25) is 9.59 Å². The van der Waals surface area contributed by atoms with Gasteiger partial charge in [0.25, 0.3) is 0 Å². The quantitative estimate of drug-likeness (QED) is 0.792. The first-order valence-electron chi connectivity index (χ1n) is 10.3. The van der Waals surface area contributed by atoms with Gasteiger partial charge >= 0.3 is 0 Å². The molecule has 4 rings (SSSR count). The van der Waals surface area contributed by atoms with Crippen LogP contribution >= 0.6 is 0 Å². The molecular formula is C23H25F2N3O3. The van der Waals surface area contributed by atoms with Gasteiger partial charge in [-0.25, -0.2) is 8.78 Å². The zero-order valence-electron chi connectivity index (χ0n) is 17.6. The molecule has 1 aliphatic heterocycles. The largest absolute Gasteiger partial charge is 0.491 e. The second kappa shape index (κ2) is 8.53. The molecule has 2 aromatic rings. The van der Waals surface area contributed by atoms with Crippen molar-refractivity contribution in [2.75, 3.05) is 43.5 Å². The highest BCUT2D eigenvalue weighted by Gasteiger charge is 2.28. The van der Waals surface area contributed by atoms with Crippen molar-refractivity contribution in [2.45, 2.75) is 25.8 Å². The van der Waals surface area contributed by atoms with Gasteiger partial charge in [0.15, 0.2) is 17.4 Å². The molecule has 164 valence electrons. The Bertz CT molecular complexity index is 1000. The molecule has 1 atom stereocenters. The average molecular weight is 429 g/mol. The highest BCUT2D eigenvalue weighted by atomic mass is 19.1. The van der Waals surface area contributed by atoms with E-state index in [4.69, 9.17) is 4.74 Å². The standard InChI is InChI=1S/C23H25F2N3O3/c1-14-13-27(18-10-20(24)23(31-2)21(25)11-18)5-6-28(14)22(30)12-26-17-4-3-15-8-19(29)9-16(15)7-17/h3-4,7,10-11,14,26H,5-6,8-9,12-13H2,1-2H3/t14-/m1/s1. The minimum absolute atomic E-state index is 0.0455. The molecule has 0 spiro atoms. The summed E-state index contributed by atoms with van der Waals surface area (Å²) < 4.78 is 32.8. The highest BCUT2D eigenvalue weighted by molar-refractivity contribution is 5.88. The van der Waals surface area contributed by atoms with E-state index < -0.39 is 17.4 Å². The third-order valence-electron chi connectivity index (χ3n) is 5.93. The van der Waals surface area contributed by atoms with E-state index in [1.54, 1.807) is 4.90 Å². The Labute approximate surface area is 179 Å². The number of rotatable bonds is 5. The van der Waals surface area contributed by atoms with Gasteiger partial charge in [0.2, 0.25) is 5.91 Å². The van der Waals surface area contributed by atoms with E-state index in [1.807, 2.05) is 30.0 Å². The molecule has 2 aromatic carbocycles. The van der Waals surface area contributed by atoms with Crippen LogP contribution in [0, 0.1) is 11.6 Å². The molecule has 1 aliphatic carbocycles. The van der Waals surface area contributed by atoms with E-state index in [0.29, 0.717) is 38.2 Å². The summed E-state index contributed by atoms with van der Waals surface area (Å²) in [6.45, 7) is 3.46. The van der Waals surface area contributed by atoms with Gasteiger partial charge in [0.1, 0.15) is 5.78 Å². The maximum Gasteiger partial charge on any atom is 0.242 e. The number of ether oxygens (including phenoxy) is 1. The van der Waals surface area contributed by atoms with Crippen LogP contribution in [0.3, 0.4) is 0 Å². The topological polar surface area (TPSA) is 61.9 Å². The number of fused-ring (bicyclic) bond motifs is 1. The number of piperazine rings is 1. The minimum atomic E-state index is -0.746. The third-order valence-corrected chi connectivity index (χ3v) is 5.93. The lowest BCUT2D eigenvalue weighted by Crippen LogP contribution is -2.55. The number of nitrogens with zero attached hydrogens (tertiary/aromatic N) is 2. The number of methoxy groups -OCH3 is 1. The summed E-state index contributed by atoms with van der Waals surface area (Å²) in [5.41, 5.74) is 3.32. The summed E-state index contributed by atoms with van der Waals surface area (Å²) in [4.78, 5) is 28.0. The third kappa shape index (κ3) is 4.33. The molecule has 31 heavy (non-hydrogen) atoms. The highest BCUT2D eigenvalue weighted by Crippen LogP contribution is 2.29. The number of ketones is 1. The number of anilines is 2. The van der Waals surface area contributed by atoms with Gasteiger partial charge in [0, 0.05) is 62.0 Å². The fraction of sp³-hybridized carbons (Fsp3) is 0.391. The lowest BCUT2D eigenvalue weighted by atomic mass is 10.1. The van der Waals surface area contributed by atoms with Crippen molar-refractivity contribution in [1.29, 1.82) is 0 Å². The van der Waals surface area contributed by atoms with Gasteiger partial charge in [-0.1, -0.05) is 6.07 Å². The predicted molar refractivity (Wildman–Crippen MR) is 114 cm³/mol. The molecule has 2 aliphatic rings. The van der Waals surface area contributed by atoms with Crippen LogP contribution in [0.5, 0.6) is 5.75 Å². The van der Waals surface area contributed by atoms with E-state index in [2.05, 4.69) is 5.32 Å². The predicted octanol–water partition coefficient (Wildman–Crippen LogP) is 2.79. The summed E-state index contributed by atoms with van der Waals surface area (Å²) in [5.74, 6) is -1.72. The van der Waals surface area contributed by atoms with Crippen LogP contribution in [-0.2, 0) is 22.4 Å². The Balaban J connectivity index is 1.35. The molecule has 0 bridgehead atoms. The average Bonchev–Trinajstić information content (AvgIpc) is 3.11. The Morgan fingerprint density at radius 2 is 1.84 bits per heavy atom. The Hall–Kier alpha value is -3.16. The number of hydrogen-bond donors (Lipinski definition) is 1. The van der Waals surface area contributed by atoms with Crippen LogP contribution in [0.15, 0.2) is 30.3 Å². The van der Waals surface area contributed by atoms with Gasteiger partial charge in [0.05, 0.1) is 13.7 Å². The zero-order chi connectivity index (χ0) is 22.1. The van der Waals surface area contributed by atoms with Gasteiger partial charge < -0.3 is 19.9 Å². The van der Waals surface area contributed by atoms with E-state index in [9.17, 15) is 18.4 Å². The summed E-state index contributed by atoms with van der Waals surface area (Å²) in [6.07, 6.45) is 0.933. The van der Waals surface area contributed by atoms with Gasteiger partial charge in [-0.2, -0.15) is 0 Å². The lowest BCUT2D eigenvalue weighted by Gasteiger charge is -2.41. The van der Waals surface area contributed by atoms with Crippen molar-refractivity contribution < 1.29 is 23.1 Å². The van der Waals surface area contributed by atoms with Crippen molar-refractivity contribution >= 4 is 23.1 Å². The Morgan fingerprint density at radius 1 is 1.13 bits per heavy atom. The summed E-state index contributed by atoms with van der Waals surface area (Å²) >= 11 is 0. The maximum absolute atomic E-state index is 14.1. The molecule has 0 aromatic heterocycles. The monoisotopic (exact) mass is 429 g/mol. The van der Waals surface area contributed by atoms with Crippen LogP contribution in [0.4, 0.5) is 20.2 Å². The second-order valence-electron chi connectivity index (χ2n) is 8.05. The zero-order valence-corrected chi connectivity index (χ0v) is 17.6. The van der Waals surface area contributed by atoms with Gasteiger partial charge in [-0.15, -0.1) is 0 Å². The number of halogens is 2. The number of Topliss-reactive ketones (excluding diaryl/α,β-unsaturated/α-hetero) is 1. The molecule has 1 heterocycles. The Morgan fingerprint density at radius 3 is 2.52 bits per heavy atom. The molecule has 8 heteroatoms. The van der Waals surface area contributed by atoms with Crippen LogP contribution in [0.2, 0.25) is 0 Å². The maximum atomic E-state index is 14.1. The van der Waals surface area contributed by atoms with Gasteiger partial charge in [-0.05, 0) is 30.2 Å². The molecule has 0 saturated carbocycles. The van der Waals surface area contributed by atoms with Crippen molar-refractivity contribution in [3.05, 3.63) is 53.1 Å². The first-order valence-corrected chi connectivity index (χ1v) is 10.3. The summed E-state index contributed by atoms with van der Waals surface area (Å²) in [5, 5.41) is 3.15. The van der Waals surface area contributed by atoms with Crippen LogP contribution in [0.25, 0.3) is 0 Å². The summed E-state index contributed by atoms with van der Waals surface area (Å²) in [7, 11) is 1.23. The van der Waals surface area contributed by atoms with Crippen molar-refractivity contribution in [3.8, 4) is 5.75 Å². The molecule has 1 fully saturated rings. The molecule has 1 saturated heterocycles.